The van der Waals surface area contributed by atoms with Crippen molar-refractivity contribution in [2.75, 3.05) is 19.8 Å². The summed E-state index contributed by atoms with van der Waals surface area (Å²) in [6, 6.07) is 10.7. The minimum absolute atomic E-state index is 0.249. The molecule has 4 heteroatoms. The highest BCUT2D eigenvalue weighted by atomic mass is 16.5. The highest BCUT2D eigenvalue weighted by Gasteiger charge is 2.23. The summed E-state index contributed by atoms with van der Waals surface area (Å²) >= 11 is 0. The Morgan fingerprint density at radius 1 is 1.17 bits per heavy atom. The van der Waals surface area contributed by atoms with Gasteiger partial charge in [0.25, 0.3) is 0 Å². The molecule has 0 saturated heterocycles. The van der Waals surface area contributed by atoms with Gasteiger partial charge in [0.2, 0.25) is 0 Å². The van der Waals surface area contributed by atoms with Gasteiger partial charge in [0.1, 0.15) is 12.4 Å². The number of hydrogen-bond donors (Lipinski definition) is 0. The second-order valence-corrected chi connectivity index (χ2v) is 6.69. The monoisotopic (exact) mass is 331 g/mol. The first-order valence-corrected chi connectivity index (χ1v) is 8.85. The number of hydrogen-bond acceptors (Lipinski definition) is 4. The molecule has 0 saturated carbocycles. The van der Waals surface area contributed by atoms with Gasteiger partial charge in [0, 0.05) is 24.2 Å². The molecule has 2 rings (SSSR count). The predicted molar refractivity (Wildman–Crippen MR) is 96.5 cm³/mol. The van der Waals surface area contributed by atoms with Crippen LogP contribution in [0.1, 0.15) is 46.1 Å². The van der Waals surface area contributed by atoms with Crippen LogP contribution in [-0.4, -0.2) is 42.7 Å². The van der Waals surface area contributed by atoms with Gasteiger partial charge in [-0.1, -0.05) is 30.3 Å². The standard InChI is InChI=1S/C20H29NO3/c1-15(2)21(16(3)4)12-14-24-20(22)18-11-8-13-23-19(18)17-9-6-5-7-10-17/h5-7,9-10,15-16H,8,11-14H2,1-4H3. The minimum Gasteiger partial charge on any atom is -0.492 e. The van der Waals surface area contributed by atoms with E-state index in [9.17, 15) is 4.79 Å². The fraction of sp³-hybridized carbons (Fsp3) is 0.550. The Morgan fingerprint density at radius 2 is 1.83 bits per heavy atom. The topological polar surface area (TPSA) is 38.8 Å². The van der Waals surface area contributed by atoms with Crippen LogP contribution in [0.25, 0.3) is 5.76 Å². The van der Waals surface area contributed by atoms with Crippen LogP contribution in [0.15, 0.2) is 35.9 Å². The van der Waals surface area contributed by atoms with Gasteiger partial charge < -0.3 is 9.47 Å². The molecule has 0 spiro atoms. The fourth-order valence-corrected chi connectivity index (χ4v) is 3.11. The lowest BCUT2D eigenvalue weighted by molar-refractivity contribution is -0.140. The van der Waals surface area contributed by atoms with Crippen LogP contribution < -0.4 is 0 Å². The third kappa shape index (κ3) is 4.84. The summed E-state index contributed by atoms with van der Waals surface area (Å²) in [4.78, 5) is 14.8. The molecule has 24 heavy (non-hydrogen) atoms. The number of benzene rings is 1. The van der Waals surface area contributed by atoms with Gasteiger partial charge in [-0.15, -0.1) is 0 Å². The number of carbonyl (C=O) groups excluding carboxylic acids is 1. The van der Waals surface area contributed by atoms with E-state index >= 15 is 0 Å². The molecule has 0 aromatic heterocycles. The van der Waals surface area contributed by atoms with Crippen molar-refractivity contribution >= 4 is 11.7 Å². The molecule has 1 aliphatic heterocycles. The van der Waals surface area contributed by atoms with Crippen molar-refractivity contribution in [3.8, 4) is 0 Å². The van der Waals surface area contributed by atoms with Crippen molar-refractivity contribution in [2.24, 2.45) is 0 Å². The zero-order valence-corrected chi connectivity index (χ0v) is 15.2. The van der Waals surface area contributed by atoms with Crippen molar-refractivity contribution in [3.63, 3.8) is 0 Å². The van der Waals surface area contributed by atoms with Crippen LogP contribution in [0.2, 0.25) is 0 Å². The molecule has 0 atom stereocenters. The van der Waals surface area contributed by atoms with Gasteiger partial charge in [-0.25, -0.2) is 4.79 Å². The molecule has 0 radical (unpaired) electrons. The van der Waals surface area contributed by atoms with Gasteiger partial charge in [0.15, 0.2) is 0 Å². The first-order chi connectivity index (χ1) is 11.5. The van der Waals surface area contributed by atoms with E-state index in [-0.39, 0.29) is 5.97 Å². The summed E-state index contributed by atoms with van der Waals surface area (Å²) in [5, 5.41) is 0. The Hall–Kier alpha value is -1.81. The summed E-state index contributed by atoms with van der Waals surface area (Å²) in [6.07, 6.45) is 1.56. The number of nitrogens with zero attached hydrogens (tertiary/aromatic N) is 1. The third-order valence-electron chi connectivity index (χ3n) is 4.28. The van der Waals surface area contributed by atoms with E-state index in [1.54, 1.807) is 0 Å². The molecular weight excluding hydrogens is 302 g/mol. The molecule has 0 fully saturated rings. The van der Waals surface area contributed by atoms with Gasteiger partial charge in [-0.05, 0) is 40.5 Å². The molecule has 1 aromatic carbocycles. The van der Waals surface area contributed by atoms with Crippen molar-refractivity contribution in [1.29, 1.82) is 0 Å². The largest absolute Gasteiger partial charge is 0.492 e. The summed E-state index contributed by atoms with van der Waals surface area (Å²) in [5.74, 6) is 0.428. The summed E-state index contributed by atoms with van der Waals surface area (Å²) in [7, 11) is 0. The quantitative estimate of drug-likeness (QED) is 0.711. The van der Waals surface area contributed by atoms with Gasteiger partial charge in [-0.2, -0.15) is 0 Å². The molecule has 0 bridgehead atoms. The van der Waals surface area contributed by atoms with E-state index in [0.29, 0.717) is 43.1 Å². The molecule has 4 nitrogen and oxygen atoms in total. The van der Waals surface area contributed by atoms with Crippen LogP contribution in [0, 0.1) is 0 Å². The Labute approximate surface area is 145 Å². The Balaban J connectivity index is 2.03. The molecular formula is C20H29NO3. The van der Waals surface area contributed by atoms with Crippen molar-refractivity contribution in [2.45, 2.75) is 52.6 Å². The smallest absolute Gasteiger partial charge is 0.337 e. The maximum atomic E-state index is 12.5. The van der Waals surface area contributed by atoms with E-state index in [2.05, 4.69) is 32.6 Å². The first kappa shape index (κ1) is 18.5. The highest BCUT2D eigenvalue weighted by Crippen LogP contribution is 2.28. The maximum Gasteiger partial charge on any atom is 0.337 e. The SMILES string of the molecule is CC(C)N(CCOC(=O)C1=C(c2ccccc2)OCCC1)C(C)C. The van der Waals surface area contributed by atoms with Crippen molar-refractivity contribution in [1.82, 2.24) is 4.90 Å². The fourth-order valence-electron chi connectivity index (χ4n) is 3.11. The van der Waals surface area contributed by atoms with Crippen LogP contribution in [-0.2, 0) is 14.3 Å². The normalized spacial score (nSPS) is 15.1. The van der Waals surface area contributed by atoms with Crippen molar-refractivity contribution in [3.05, 3.63) is 41.5 Å². The Morgan fingerprint density at radius 3 is 2.46 bits per heavy atom. The molecule has 0 N–H and O–H groups in total. The summed E-state index contributed by atoms with van der Waals surface area (Å²) in [5.41, 5.74) is 1.60. The Kier molecular flexibility index (Phi) is 6.85. The van der Waals surface area contributed by atoms with E-state index in [1.165, 1.54) is 0 Å². The molecule has 132 valence electrons. The van der Waals surface area contributed by atoms with E-state index in [4.69, 9.17) is 9.47 Å². The lowest BCUT2D eigenvalue weighted by Gasteiger charge is -2.30. The number of carbonyl (C=O) groups is 1. The third-order valence-corrected chi connectivity index (χ3v) is 4.28. The Bertz CT molecular complexity index is 556. The molecule has 1 aliphatic rings. The molecule has 0 amide bonds. The number of ether oxygens (including phenoxy) is 2. The molecule has 0 aliphatic carbocycles. The average Bonchev–Trinajstić information content (AvgIpc) is 2.58. The number of esters is 1. The lowest BCUT2D eigenvalue weighted by Crippen LogP contribution is -2.39. The zero-order chi connectivity index (χ0) is 17.5. The minimum atomic E-state index is -0.249. The molecule has 0 unspecified atom stereocenters. The second-order valence-electron chi connectivity index (χ2n) is 6.69. The first-order valence-electron chi connectivity index (χ1n) is 8.85. The summed E-state index contributed by atoms with van der Waals surface area (Å²) in [6.45, 7) is 10.4. The van der Waals surface area contributed by atoms with E-state index < -0.39 is 0 Å². The lowest BCUT2D eigenvalue weighted by atomic mass is 10.0. The van der Waals surface area contributed by atoms with E-state index in [0.717, 1.165) is 18.5 Å². The molecule has 1 aromatic rings. The van der Waals surface area contributed by atoms with Crippen LogP contribution in [0.3, 0.4) is 0 Å². The molecule has 1 heterocycles. The zero-order valence-electron chi connectivity index (χ0n) is 15.2. The van der Waals surface area contributed by atoms with Crippen LogP contribution in [0.5, 0.6) is 0 Å². The highest BCUT2D eigenvalue weighted by molar-refractivity contribution is 5.96. The maximum absolute atomic E-state index is 12.5. The number of rotatable bonds is 7. The van der Waals surface area contributed by atoms with E-state index in [1.807, 2.05) is 30.3 Å². The predicted octanol–water partition coefficient (Wildman–Crippen LogP) is 3.87. The van der Waals surface area contributed by atoms with Crippen molar-refractivity contribution < 1.29 is 14.3 Å². The average molecular weight is 331 g/mol. The summed E-state index contributed by atoms with van der Waals surface area (Å²) < 4.78 is 11.3. The second kappa shape index (κ2) is 8.88. The van der Waals surface area contributed by atoms with Gasteiger partial charge in [0.05, 0.1) is 12.2 Å². The van der Waals surface area contributed by atoms with Gasteiger partial charge >= 0.3 is 5.97 Å². The van der Waals surface area contributed by atoms with Gasteiger partial charge in [-0.3, -0.25) is 4.90 Å². The van der Waals surface area contributed by atoms with Crippen LogP contribution >= 0.6 is 0 Å². The van der Waals surface area contributed by atoms with Crippen LogP contribution in [0.4, 0.5) is 0 Å².